The summed E-state index contributed by atoms with van der Waals surface area (Å²) in [6.07, 6.45) is 1.45. The molecule has 3 rings (SSSR count). The Hall–Kier alpha value is -2.32. The van der Waals surface area contributed by atoms with Gasteiger partial charge in [-0.15, -0.1) is 0 Å². The number of aliphatic imine (C=N–C) groups is 1. The van der Waals surface area contributed by atoms with Gasteiger partial charge >= 0.3 is 5.97 Å². The van der Waals surface area contributed by atoms with E-state index in [-0.39, 0.29) is 17.3 Å². The summed E-state index contributed by atoms with van der Waals surface area (Å²) in [7, 11) is 0. The number of esters is 1. The number of cyclic esters (lactones) is 1. The molecule has 0 saturated carbocycles. The van der Waals surface area contributed by atoms with Gasteiger partial charge in [0.25, 0.3) is 5.69 Å². The number of hydrogen-bond acceptors (Lipinski definition) is 5. The molecule has 0 fully saturated rings. The second-order valence-corrected chi connectivity index (χ2v) is 6.58. The van der Waals surface area contributed by atoms with Crippen LogP contribution in [0.4, 0.5) is 5.69 Å². The lowest BCUT2D eigenvalue weighted by molar-refractivity contribution is -0.385. The molecular formula is C16H8Br2N2O4. The Kier molecular flexibility index (Phi) is 4.59. The number of nitro benzene ring substituents is 1. The van der Waals surface area contributed by atoms with Crippen molar-refractivity contribution in [1.29, 1.82) is 0 Å². The molecule has 0 amide bonds. The lowest BCUT2D eigenvalue weighted by Crippen LogP contribution is -2.05. The van der Waals surface area contributed by atoms with Crippen molar-refractivity contribution in [1.82, 2.24) is 0 Å². The fourth-order valence-corrected chi connectivity index (χ4v) is 2.86. The van der Waals surface area contributed by atoms with Gasteiger partial charge in [-0.25, -0.2) is 9.79 Å². The Bertz CT molecular complexity index is 922. The lowest BCUT2D eigenvalue weighted by Gasteiger charge is -1.99. The van der Waals surface area contributed by atoms with Crippen molar-refractivity contribution in [2.45, 2.75) is 0 Å². The highest BCUT2D eigenvalue weighted by Crippen LogP contribution is 2.28. The van der Waals surface area contributed by atoms with Crippen LogP contribution in [0.25, 0.3) is 6.08 Å². The van der Waals surface area contributed by atoms with E-state index in [2.05, 4.69) is 36.9 Å². The monoisotopic (exact) mass is 450 g/mol. The van der Waals surface area contributed by atoms with Crippen molar-refractivity contribution < 1.29 is 14.5 Å². The molecule has 0 aromatic heterocycles. The summed E-state index contributed by atoms with van der Waals surface area (Å²) in [5.41, 5.74) is 1.13. The molecule has 24 heavy (non-hydrogen) atoms. The van der Waals surface area contributed by atoms with E-state index in [0.717, 1.165) is 4.47 Å². The molecule has 0 saturated heterocycles. The van der Waals surface area contributed by atoms with E-state index >= 15 is 0 Å². The van der Waals surface area contributed by atoms with Gasteiger partial charge in [-0.05, 0) is 51.8 Å². The number of hydrogen-bond donors (Lipinski definition) is 0. The van der Waals surface area contributed by atoms with Gasteiger partial charge in [0.2, 0.25) is 5.90 Å². The van der Waals surface area contributed by atoms with Gasteiger partial charge < -0.3 is 4.74 Å². The van der Waals surface area contributed by atoms with Gasteiger partial charge in [-0.3, -0.25) is 10.1 Å². The zero-order valence-electron chi connectivity index (χ0n) is 11.9. The zero-order valence-corrected chi connectivity index (χ0v) is 15.1. The summed E-state index contributed by atoms with van der Waals surface area (Å²) in [5.74, 6) is -0.408. The Balaban J connectivity index is 1.97. The number of carbonyl (C=O) groups is 1. The number of carbonyl (C=O) groups excluding carboxylic acids is 1. The average molecular weight is 452 g/mol. The molecule has 0 radical (unpaired) electrons. The molecule has 0 spiro atoms. The molecule has 0 unspecified atom stereocenters. The lowest BCUT2D eigenvalue weighted by atomic mass is 10.1. The maximum Gasteiger partial charge on any atom is 0.363 e. The molecule has 0 N–H and O–H groups in total. The first kappa shape index (κ1) is 16.5. The summed E-state index contributed by atoms with van der Waals surface area (Å²) in [4.78, 5) is 26.6. The second kappa shape index (κ2) is 6.66. The van der Waals surface area contributed by atoms with Gasteiger partial charge in [0.1, 0.15) is 0 Å². The third-order valence-corrected chi connectivity index (χ3v) is 4.33. The number of nitro groups is 1. The van der Waals surface area contributed by atoms with Crippen LogP contribution in [-0.2, 0) is 9.53 Å². The molecule has 6 nitrogen and oxygen atoms in total. The minimum Gasteiger partial charge on any atom is -0.402 e. The fraction of sp³-hybridized carbons (Fsp3) is 0. The molecule has 1 heterocycles. The van der Waals surface area contributed by atoms with E-state index in [1.807, 2.05) is 6.07 Å². The highest BCUT2D eigenvalue weighted by molar-refractivity contribution is 9.10. The molecule has 2 aromatic rings. The van der Waals surface area contributed by atoms with Crippen LogP contribution in [0, 0.1) is 10.1 Å². The normalized spacial score (nSPS) is 15.3. The van der Waals surface area contributed by atoms with Crippen molar-refractivity contribution in [3.63, 3.8) is 0 Å². The van der Waals surface area contributed by atoms with Crippen molar-refractivity contribution >= 4 is 55.5 Å². The van der Waals surface area contributed by atoms with Crippen molar-refractivity contribution in [3.8, 4) is 0 Å². The van der Waals surface area contributed by atoms with E-state index in [0.29, 0.717) is 15.6 Å². The van der Waals surface area contributed by atoms with E-state index in [1.54, 1.807) is 30.3 Å². The van der Waals surface area contributed by atoms with Crippen LogP contribution < -0.4 is 0 Å². The number of benzene rings is 2. The molecule has 0 atom stereocenters. The Morgan fingerprint density at radius 2 is 1.96 bits per heavy atom. The fourth-order valence-electron chi connectivity index (χ4n) is 2.07. The number of ether oxygens (including phenoxy) is 1. The Morgan fingerprint density at radius 1 is 1.17 bits per heavy atom. The van der Waals surface area contributed by atoms with Crippen LogP contribution >= 0.6 is 31.9 Å². The van der Waals surface area contributed by atoms with Crippen LogP contribution in [0.5, 0.6) is 0 Å². The highest BCUT2D eigenvalue weighted by Gasteiger charge is 2.24. The maximum absolute atomic E-state index is 12.0. The smallest absolute Gasteiger partial charge is 0.363 e. The van der Waals surface area contributed by atoms with Crippen LogP contribution in [-0.4, -0.2) is 16.8 Å². The van der Waals surface area contributed by atoms with Crippen molar-refractivity contribution in [2.24, 2.45) is 4.99 Å². The summed E-state index contributed by atoms with van der Waals surface area (Å²) in [6, 6.07) is 11.7. The van der Waals surface area contributed by atoms with Crippen LogP contribution in [0.15, 0.2) is 62.1 Å². The van der Waals surface area contributed by atoms with E-state index in [9.17, 15) is 14.9 Å². The van der Waals surface area contributed by atoms with Crippen LogP contribution in [0.2, 0.25) is 0 Å². The summed E-state index contributed by atoms with van der Waals surface area (Å²) >= 11 is 6.46. The van der Waals surface area contributed by atoms with Crippen LogP contribution in [0.3, 0.4) is 0 Å². The third kappa shape index (κ3) is 3.44. The van der Waals surface area contributed by atoms with E-state index in [1.165, 1.54) is 12.1 Å². The van der Waals surface area contributed by atoms with Crippen molar-refractivity contribution in [2.75, 3.05) is 0 Å². The maximum atomic E-state index is 12.0. The second-order valence-electron chi connectivity index (χ2n) is 4.81. The molecule has 1 aliphatic heterocycles. The first-order valence-corrected chi connectivity index (χ1v) is 8.25. The van der Waals surface area contributed by atoms with Gasteiger partial charge in [-0.1, -0.05) is 28.1 Å². The average Bonchev–Trinajstić information content (AvgIpc) is 2.90. The number of rotatable bonds is 3. The molecule has 0 bridgehead atoms. The van der Waals surface area contributed by atoms with Gasteiger partial charge in [0.05, 0.1) is 9.40 Å². The number of halogens is 2. The molecule has 1 aliphatic rings. The van der Waals surface area contributed by atoms with Crippen molar-refractivity contribution in [3.05, 3.63) is 78.3 Å². The summed E-state index contributed by atoms with van der Waals surface area (Å²) < 4.78 is 6.36. The van der Waals surface area contributed by atoms with Gasteiger partial charge in [0, 0.05) is 16.1 Å². The van der Waals surface area contributed by atoms with Gasteiger partial charge in [0.15, 0.2) is 5.70 Å². The van der Waals surface area contributed by atoms with Gasteiger partial charge in [-0.2, -0.15) is 0 Å². The summed E-state index contributed by atoms with van der Waals surface area (Å²) in [5, 5.41) is 11.0. The highest BCUT2D eigenvalue weighted by atomic mass is 79.9. The molecule has 8 heteroatoms. The van der Waals surface area contributed by atoms with Crippen LogP contribution in [0.1, 0.15) is 11.1 Å². The number of nitrogens with zero attached hydrogens (tertiary/aromatic N) is 2. The Labute approximate surface area is 153 Å². The van der Waals surface area contributed by atoms with E-state index in [4.69, 9.17) is 4.74 Å². The minimum absolute atomic E-state index is 0.0848. The predicted octanol–water partition coefficient (Wildman–Crippen LogP) is 4.46. The third-order valence-electron chi connectivity index (χ3n) is 3.16. The first-order valence-electron chi connectivity index (χ1n) is 6.66. The summed E-state index contributed by atoms with van der Waals surface area (Å²) in [6.45, 7) is 0. The predicted molar refractivity (Wildman–Crippen MR) is 95.5 cm³/mol. The largest absolute Gasteiger partial charge is 0.402 e. The molecule has 0 aliphatic carbocycles. The molecule has 120 valence electrons. The first-order chi connectivity index (χ1) is 11.4. The van der Waals surface area contributed by atoms with E-state index < -0.39 is 10.9 Å². The molecule has 2 aromatic carbocycles. The Morgan fingerprint density at radius 3 is 2.67 bits per heavy atom. The molecular weight excluding hydrogens is 444 g/mol. The standard InChI is InChI=1S/C16H8Br2N2O4/c17-11-3-1-2-10(8-11)15-19-13(16(21)24-15)6-9-4-5-12(18)14(7-9)20(22)23/h1-8H. The SMILES string of the molecule is O=C1OC(c2cccc(Br)c2)=NC1=Cc1ccc(Br)c([N+](=O)[O-])c1. The minimum atomic E-state index is -0.601. The zero-order chi connectivity index (χ0) is 17.3. The quantitative estimate of drug-likeness (QED) is 0.298. The topological polar surface area (TPSA) is 81.8 Å².